The second kappa shape index (κ2) is 4.29. The molecule has 0 amide bonds. The molecule has 0 aromatic carbocycles. The molecule has 1 atom stereocenters. The van der Waals surface area contributed by atoms with E-state index in [0.717, 1.165) is 0 Å². The van der Waals surface area contributed by atoms with Gasteiger partial charge in [0.05, 0.1) is 6.07 Å². The van der Waals surface area contributed by atoms with Crippen LogP contribution < -0.4 is 0 Å². The van der Waals surface area contributed by atoms with Crippen LogP contribution >= 0.6 is 0 Å². The van der Waals surface area contributed by atoms with Gasteiger partial charge in [0.15, 0.2) is 0 Å². The van der Waals surface area contributed by atoms with Crippen LogP contribution in [0.2, 0.25) is 0 Å². The molecule has 0 spiro atoms. The standard InChI is InChI=1S/C7H9F4N/c1-2-3-5(4-12)7(10,11)6(8)9/h5-6H,2-3H2,1H3. The lowest BCUT2D eigenvalue weighted by molar-refractivity contribution is -0.153. The summed E-state index contributed by atoms with van der Waals surface area (Å²) in [5.74, 6) is -6.05. The fraction of sp³-hybridized carbons (Fsp3) is 0.857. The molecule has 70 valence electrons. The highest BCUT2D eigenvalue weighted by Gasteiger charge is 2.48. The van der Waals surface area contributed by atoms with E-state index in [1.807, 2.05) is 0 Å². The smallest absolute Gasteiger partial charge is 0.204 e. The number of hydrogen-bond donors (Lipinski definition) is 0. The molecular weight excluding hydrogens is 174 g/mol. The second-order valence-electron chi connectivity index (χ2n) is 2.45. The molecule has 0 aliphatic rings. The van der Waals surface area contributed by atoms with Crippen LogP contribution in [0.5, 0.6) is 0 Å². The van der Waals surface area contributed by atoms with Crippen molar-refractivity contribution >= 4 is 0 Å². The third-order valence-corrected chi connectivity index (χ3v) is 1.49. The van der Waals surface area contributed by atoms with E-state index < -0.39 is 18.3 Å². The highest BCUT2D eigenvalue weighted by molar-refractivity contribution is 4.94. The molecule has 0 aliphatic heterocycles. The number of rotatable bonds is 4. The average molecular weight is 183 g/mol. The van der Waals surface area contributed by atoms with Crippen LogP contribution in [-0.4, -0.2) is 12.3 Å². The van der Waals surface area contributed by atoms with E-state index in [4.69, 9.17) is 5.26 Å². The maximum atomic E-state index is 12.4. The predicted molar refractivity (Wildman–Crippen MR) is 35.0 cm³/mol. The van der Waals surface area contributed by atoms with Gasteiger partial charge in [-0.1, -0.05) is 13.3 Å². The van der Waals surface area contributed by atoms with E-state index in [1.165, 1.54) is 6.07 Å². The SMILES string of the molecule is CCCC(C#N)C(F)(F)C(F)F. The first kappa shape index (κ1) is 11.2. The van der Waals surface area contributed by atoms with Crippen molar-refractivity contribution in [1.29, 1.82) is 5.26 Å². The van der Waals surface area contributed by atoms with Gasteiger partial charge in [-0.05, 0) is 6.42 Å². The zero-order valence-electron chi connectivity index (χ0n) is 6.53. The van der Waals surface area contributed by atoms with Crippen LogP contribution in [0.15, 0.2) is 0 Å². The number of halogens is 4. The number of nitriles is 1. The van der Waals surface area contributed by atoms with Gasteiger partial charge in [0.2, 0.25) is 0 Å². The topological polar surface area (TPSA) is 23.8 Å². The summed E-state index contributed by atoms with van der Waals surface area (Å²) in [6.07, 6.45) is -3.66. The van der Waals surface area contributed by atoms with Crippen molar-refractivity contribution in [2.75, 3.05) is 0 Å². The Bertz CT molecular complexity index is 173. The fourth-order valence-electron chi connectivity index (χ4n) is 0.784. The van der Waals surface area contributed by atoms with E-state index in [1.54, 1.807) is 6.92 Å². The minimum absolute atomic E-state index is 0.201. The summed E-state index contributed by atoms with van der Waals surface area (Å²) in [5, 5.41) is 8.18. The zero-order valence-corrected chi connectivity index (χ0v) is 6.53. The summed E-state index contributed by atoms with van der Waals surface area (Å²) < 4.78 is 48.2. The molecule has 0 fully saturated rings. The van der Waals surface area contributed by atoms with Gasteiger partial charge in [-0.2, -0.15) is 14.0 Å². The van der Waals surface area contributed by atoms with Crippen LogP contribution in [0.25, 0.3) is 0 Å². The van der Waals surface area contributed by atoms with Crippen molar-refractivity contribution in [1.82, 2.24) is 0 Å². The number of nitrogens with zero attached hydrogens (tertiary/aromatic N) is 1. The van der Waals surface area contributed by atoms with E-state index in [9.17, 15) is 17.6 Å². The molecule has 0 radical (unpaired) electrons. The first-order valence-electron chi connectivity index (χ1n) is 3.52. The Hall–Kier alpha value is -0.790. The molecule has 0 aromatic heterocycles. The quantitative estimate of drug-likeness (QED) is 0.615. The molecule has 1 unspecified atom stereocenters. The first-order valence-corrected chi connectivity index (χ1v) is 3.52. The highest BCUT2D eigenvalue weighted by Crippen LogP contribution is 2.33. The molecule has 0 aromatic rings. The average Bonchev–Trinajstić information content (AvgIpc) is 1.99. The van der Waals surface area contributed by atoms with Gasteiger partial charge in [-0.25, -0.2) is 8.78 Å². The molecule has 5 heteroatoms. The lowest BCUT2D eigenvalue weighted by atomic mass is 9.98. The number of alkyl halides is 4. The van der Waals surface area contributed by atoms with E-state index in [-0.39, 0.29) is 6.42 Å². The summed E-state index contributed by atoms with van der Waals surface area (Å²) in [5.41, 5.74) is 0. The molecule has 12 heavy (non-hydrogen) atoms. The van der Waals surface area contributed by atoms with Gasteiger partial charge in [0.25, 0.3) is 0 Å². The molecular formula is C7H9F4N. The van der Waals surface area contributed by atoms with Gasteiger partial charge >= 0.3 is 12.3 Å². The van der Waals surface area contributed by atoms with E-state index in [0.29, 0.717) is 6.42 Å². The summed E-state index contributed by atoms with van der Waals surface area (Å²) in [6, 6.07) is 1.19. The van der Waals surface area contributed by atoms with Gasteiger partial charge in [0, 0.05) is 0 Å². The Kier molecular flexibility index (Phi) is 4.01. The van der Waals surface area contributed by atoms with Crippen molar-refractivity contribution in [3.63, 3.8) is 0 Å². The third-order valence-electron chi connectivity index (χ3n) is 1.49. The summed E-state index contributed by atoms with van der Waals surface area (Å²) >= 11 is 0. The maximum Gasteiger partial charge on any atom is 0.322 e. The maximum absolute atomic E-state index is 12.4. The van der Waals surface area contributed by atoms with Crippen molar-refractivity contribution < 1.29 is 17.6 Å². The molecule has 1 nitrogen and oxygen atoms in total. The highest BCUT2D eigenvalue weighted by atomic mass is 19.3. The van der Waals surface area contributed by atoms with Gasteiger partial charge in [-0.3, -0.25) is 0 Å². The first-order chi connectivity index (χ1) is 5.46. The van der Waals surface area contributed by atoms with Gasteiger partial charge in [0.1, 0.15) is 5.92 Å². The lowest BCUT2D eigenvalue weighted by Gasteiger charge is -2.19. The molecule has 0 N–H and O–H groups in total. The fourth-order valence-corrected chi connectivity index (χ4v) is 0.784. The van der Waals surface area contributed by atoms with Crippen LogP contribution in [0, 0.1) is 17.2 Å². The third kappa shape index (κ3) is 2.36. The normalized spacial score (nSPS) is 14.4. The molecule has 0 bridgehead atoms. The molecule has 0 saturated heterocycles. The lowest BCUT2D eigenvalue weighted by Crippen LogP contribution is -2.35. The summed E-state index contributed by atoms with van der Waals surface area (Å²) in [4.78, 5) is 0. The van der Waals surface area contributed by atoms with Crippen LogP contribution in [0.1, 0.15) is 19.8 Å². The zero-order chi connectivity index (χ0) is 9.78. The Morgan fingerprint density at radius 3 is 2.17 bits per heavy atom. The monoisotopic (exact) mass is 183 g/mol. The minimum Gasteiger partial charge on any atom is -0.204 e. The number of hydrogen-bond acceptors (Lipinski definition) is 1. The summed E-state index contributed by atoms with van der Waals surface area (Å²) in [6.45, 7) is 1.56. The van der Waals surface area contributed by atoms with Crippen LogP contribution in [0.3, 0.4) is 0 Å². The Labute approximate surface area is 68.0 Å². The molecule has 0 rings (SSSR count). The van der Waals surface area contributed by atoms with E-state index >= 15 is 0 Å². The van der Waals surface area contributed by atoms with Crippen molar-refractivity contribution in [3.05, 3.63) is 0 Å². The predicted octanol–water partition coefficient (Wildman–Crippen LogP) is 2.83. The Balaban J connectivity index is 4.39. The minimum atomic E-state index is -4.18. The largest absolute Gasteiger partial charge is 0.322 e. The van der Waals surface area contributed by atoms with Gasteiger partial charge < -0.3 is 0 Å². The molecule has 0 heterocycles. The van der Waals surface area contributed by atoms with Crippen LogP contribution in [0.4, 0.5) is 17.6 Å². The second-order valence-corrected chi connectivity index (χ2v) is 2.45. The van der Waals surface area contributed by atoms with Crippen molar-refractivity contribution in [3.8, 4) is 6.07 Å². The molecule has 0 aliphatic carbocycles. The summed E-state index contributed by atoms with van der Waals surface area (Å²) in [7, 11) is 0. The van der Waals surface area contributed by atoms with Crippen molar-refractivity contribution in [2.24, 2.45) is 5.92 Å². The van der Waals surface area contributed by atoms with Gasteiger partial charge in [-0.15, -0.1) is 0 Å². The van der Waals surface area contributed by atoms with E-state index in [2.05, 4.69) is 0 Å². The Morgan fingerprint density at radius 1 is 1.42 bits per heavy atom. The molecule has 0 saturated carbocycles. The van der Waals surface area contributed by atoms with Crippen LogP contribution in [-0.2, 0) is 0 Å². The van der Waals surface area contributed by atoms with Crippen molar-refractivity contribution in [2.45, 2.75) is 32.1 Å². The Morgan fingerprint density at radius 2 is 1.92 bits per heavy atom.